The molecule has 1 aromatic rings. The minimum atomic E-state index is 0.258. The van der Waals surface area contributed by atoms with Crippen LogP contribution < -0.4 is 0 Å². The van der Waals surface area contributed by atoms with E-state index in [1.54, 1.807) is 24.5 Å². The van der Waals surface area contributed by atoms with Crippen molar-refractivity contribution in [1.29, 1.82) is 0 Å². The Morgan fingerprint density at radius 2 is 2.00 bits per heavy atom. The van der Waals surface area contributed by atoms with Crippen molar-refractivity contribution in [3.05, 3.63) is 41.6 Å². The van der Waals surface area contributed by atoms with Gasteiger partial charge in [0.05, 0.1) is 0 Å². The molecule has 0 aliphatic rings. The van der Waals surface area contributed by atoms with Crippen LogP contribution >= 0.6 is 0 Å². The normalized spacial score (nSPS) is 10.3. The molecule has 0 heterocycles. The molecule has 68 valence electrons. The monoisotopic (exact) mass is 175 g/mol. The molecule has 0 amide bonds. The highest BCUT2D eigenvalue weighted by Crippen LogP contribution is 2.12. The van der Waals surface area contributed by atoms with Gasteiger partial charge in [0.2, 0.25) is 0 Å². The van der Waals surface area contributed by atoms with Gasteiger partial charge in [-0.3, -0.25) is 4.99 Å². The molecule has 13 heavy (non-hydrogen) atoms. The lowest BCUT2D eigenvalue weighted by Crippen LogP contribution is -1.80. The Morgan fingerprint density at radius 1 is 1.31 bits per heavy atom. The number of nitrogens with zero attached hydrogens (tertiary/aromatic N) is 1. The maximum absolute atomic E-state index is 9.36. The molecule has 0 atom stereocenters. The Morgan fingerprint density at radius 3 is 2.62 bits per heavy atom. The summed E-state index contributed by atoms with van der Waals surface area (Å²) in [5, 5.41) is 9.36. The van der Waals surface area contributed by atoms with Gasteiger partial charge < -0.3 is 5.11 Å². The molecule has 0 unspecified atom stereocenters. The van der Waals surface area contributed by atoms with E-state index in [0.29, 0.717) is 0 Å². The molecule has 2 nitrogen and oxygen atoms in total. The maximum atomic E-state index is 9.36. The van der Waals surface area contributed by atoms with Gasteiger partial charge in [-0.15, -0.1) is 0 Å². The molecule has 0 bridgehead atoms. The lowest BCUT2D eigenvalue weighted by Gasteiger charge is -1.94. The van der Waals surface area contributed by atoms with Crippen molar-refractivity contribution in [3.8, 4) is 5.75 Å². The van der Waals surface area contributed by atoms with E-state index in [4.69, 9.17) is 0 Å². The van der Waals surface area contributed by atoms with Crippen LogP contribution in [0.5, 0.6) is 5.75 Å². The van der Waals surface area contributed by atoms with E-state index >= 15 is 0 Å². The zero-order valence-corrected chi connectivity index (χ0v) is 7.86. The van der Waals surface area contributed by atoms with Crippen molar-refractivity contribution in [2.45, 2.75) is 13.8 Å². The van der Waals surface area contributed by atoms with Crippen LogP contribution in [0.4, 0.5) is 0 Å². The van der Waals surface area contributed by atoms with Gasteiger partial charge in [0, 0.05) is 18.0 Å². The number of hydrogen-bond acceptors (Lipinski definition) is 2. The molecule has 0 radical (unpaired) electrons. The highest BCUT2D eigenvalue weighted by Gasteiger charge is 1.92. The molecule has 0 saturated heterocycles. The van der Waals surface area contributed by atoms with Crippen LogP contribution in [0.3, 0.4) is 0 Å². The Labute approximate surface area is 78.3 Å². The van der Waals surface area contributed by atoms with E-state index in [2.05, 4.69) is 4.99 Å². The van der Waals surface area contributed by atoms with Gasteiger partial charge in [-0.2, -0.15) is 0 Å². The van der Waals surface area contributed by atoms with Crippen molar-refractivity contribution < 1.29 is 5.11 Å². The number of hydrogen-bond donors (Lipinski definition) is 1. The summed E-state index contributed by atoms with van der Waals surface area (Å²) in [7, 11) is 0. The number of allylic oxidation sites excluding steroid dienone is 1. The molecule has 2 heteroatoms. The maximum Gasteiger partial charge on any atom is 0.124 e. The average Bonchev–Trinajstić information content (AvgIpc) is 2.08. The zero-order valence-electron chi connectivity index (χ0n) is 7.86. The Bertz CT molecular complexity index is 336. The largest absolute Gasteiger partial charge is 0.507 e. The molecule has 1 rings (SSSR count). The summed E-state index contributed by atoms with van der Waals surface area (Å²) in [6.45, 7) is 3.95. The van der Waals surface area contributed by atoms with Crippen molar-refractivity contribution in [3.63, 3.8) is 0 Å². The second-order valence-corrected chi connectivity index (χ2v) is 3.04. The first-order chi connectivity index (χ1) is 6.20. The van der Waals surface area contributed by atoms with Crippen molar-refractivity contribution in [2.75, 3.05) is 0 Å². The van der Waals surface area contributed by atoms with Crippen molar-refractivity contribution in [1.82, 2.24) is 0 Å². The van der Waals surface area contributed by atoms with Crippen LogP contribution in [0, 0.1) is 0 Å². The third kappa shape index (κ3) is 3.11. The fourth-order valence-corrected chi connectivity index (χ4v) is 0.863. The number of phenolic OH excluding ortho intramolecular Hbond substituents is 1. The first kappa shape index (κ1) is 9.52. The predicted octanol–water partition coefficient (Wildman–Crippen LogP) is 2.73. The fraction of sp³-hybridized carbons (Fsp3) is 0.182. The third-order valence-electron chi connectivity index (χ3n) is 1.48. The van der Waals surface area contributed by atoms with Crippen LogP contribution in [0.2, 0.25) is 0 Å². The molecule has 0 aromatic heterocycles. The van der Waals surface area contributed by atoms with Crippen LogP contribution in [0.15, 0.2) is 41.0 Å². The Hall–Kier alpha value is -1.57. The topological polar surface area (TPSA) is 32.6 Å². The van der Waals surface area contributed by atoms with Gasteiger partial charge in [0.25, 0.3) is 0 Å². The summed E-state index contributed by atoms with van der Waals surface area (Å²) in [4.78, 5) is 4.05. The highest BCUT2D eigenvalue weighted by molar-refractivity contribution is 5.83. The quantitative estimate of drug-likeness (QED) is 0.689. The standard InChI is InChI=1S/C11H13NO/c1-9(2)7-12-8-10-5-3-4-6-11(10)13/h3-8,13H,1-2H3. The van der Waals surface area contributed by atoms with Gasteiger partial charge in [-0.05, 0) is 26.0 Å². The molecule has 0 aliphatic heterocycles. The Kier molecular flexibility index (Phi) is 3.26. The lowest BCUT2D eigenvalue weighted by atomic mass is 10.2. The van der Waals surface area contributed by atoms with Gasteiger partial charge in [0.15, 0.2) is 0 Å². The average molecular weight is 175 g/mol. The summed E-state index contributed by atoms with van der Waals surface area (Å²) in [5.41, 5.74) is 1.87. The summed E-state index contributed by atoms with van der Waals surface area (Å²) >= 11 is 0. The van der Waals surface area contributed by atoms with E-state index < -0.39 is 0 Å². The van der Waals surface area contributed by atoms with Crippen LogP contribution in [-0.2, 0) is 0 Å². The summed E-state index contributed by atoms with van der Waals surface area (Å²) in [6.07, 6.45) is 3.40. The molecule has 0 fully saturated rings. The van der Waals surface area contributed by atoms with Gasteiger partial charge >= 0.3 is 0 Å². The molecule has 0 saturated carbocycles. The number of rotatable bonds is 2. The van der Waals surface area contributed by atoms with Crippen LogP contribution in [0.25, 0.3) is 0 Å². The SMILES string of the molecule is CC(C)=CN=Cc1ccccc1O. The van der Waals surface area contributed by atoms with Crippen LogP contribution in [0.1, 0.15) is 19.4 Å². The van der Waals surface area contributed by atoms with Crippen molar-refractivity contribution >= 4 is 6.21 Å². The molecule has 1 N–H and O–H groups in total. The minimum Gasteiger partial charge on any atom is -0.507 e. The van der Waals surface area contributed by atoms with E-state index in [9.17, 15) is 5.11 Å². The summed E-state index contributed by atoms with van der Waals surface area (Å²) in [6, 6.07) is 7.11. The fourth-order valence-electron chi connectivity index (χ4n) is 0.863. The summed E-state index contributed by atoms with van der Waals surface area (Å²) in [5.74, 6) is 0.258. The van der Waals surface area contributed by atoms with Crippen molar-refractivity contribution in [2.24, 2.45) is 4.99 Å². The highest BCUT2D eigenvalue weighted by atomic mass is 16.3. The van der Waals surface area contributed by atoms with E-state index in [1.165, 1.54) is 0 Å². The van der Waals surface area contributed by atoms with E-state index in [0.717, 1.165) is 11.1 Å². The molecule has 1 aromatic carbocycles. The number of benzene rings is 1. The first-order valence-corrected chi connectivity index (χ1v) is 4.14. The zero-order chi connectivity index (χ0) is 9.68. The van der Waals surface area contributed by atoms with Gasteiger partial charge in [0.1, 0.15) is 5.75 Å². The first-order valence-electron chi connectivity index (χ1n) is 4.14. The smallest absolute Gasteiger partial charge is 0.124 e. The second-order valence-electron chi connectivity index (χ2n) is 3.04. The third-order valence-corrected chi connectivity index (χ3v) is 1.48. The minimum absolute atomic E-state index is 0.258. The van der Waals surface area contributed by atoms with E-state index in [1.807, 2.05) is 26.0 Å². The lowest BCUT2D eigenvalue weighted by molar-refractivity contribution is 0.474. The Balaban J connectivity index is 2.80. The molecule has 0 aliphatic carbocycles. The molecule has 0 spiro atoms. The van der Waals surface area contributed by atoms with Gasteiger partial charge in [-0.1, -0.05) is 17.7 Å². The number of para-hydroxylation sites is 1. The van der Waals surface area contributed by atoms with Gasteiger partial charge in [-0.25, -0.2) is 0 Å². The molecular weight excluding hydrogens is 162 g/mol. The van der Waals surface area contributed by atoms with E-state index in [-0.39, 0.29) is 5.75 Å². The number of aliphatic imine (C=N–C) groups is 1. The molecular formula is C11H13NO. The van der Waals surface area contributed by atoms with Crippen LogP contribution in [-0.4, -0.2) is 11.3 Å². The number of aromatic hydroxyl groups is 1. The predicted molar refractivity (Wildman–Crippen MR) is 55.1 cm³/mol. The number of phenols is 1. The summed E-state index contributed by atoms with van der Waals surface area (Å²) < 4.78 is 0. The second kappa shape index (κ2) is 4.45.